The topological polar surface area (TPSA) is 68.3 Å². The van der Waals surface area contributed by atoms with Crippen LogP contribution in [0, 0.1) is 0 Å². The van der Waals surface area contributed by atoms with E-state index in [4.69, 9.17) is 14.2 Å². The van der Waals surface area contributed by atoms with Crippen LogP contribution in [0.4, 0.5) is 0 Å². The molecule has 0 unspecified atom stereocenters. The lowest BCUT2D eigenvalue weighted by Crippen LogP contribution is -2.54. The highest BCUT2D eigenvalue weighted by molar-refractivity contribution is 6.01. The van der Waals surface area contributed by atoms with Gasteiger partial charge in [0.15, 0.2) is 5.79 Å². The van der Waals surface area contributed by atoms with Gasteiger partial charge in [-0.3, -0.25) is 9.59 Å². The van der Waals surface area contributed by atoms with Gasteiger partial charge in [-0.1, -0.05) is 49.6 Å². The highest BCUT2D eigenvalue weighted by Crippen LogP contribution is 2.47. The van der Waals surface area contributed by atoms with Crippen LogP contribution < -0.4 is 4.74 Å². The molecule has 1 spiro atoms. The van der Waals surface area contributed by atoms with Crippen LogP contribution in [-0.4, -0.2) is 66.9 Å². The average Bonchev–Trinajstić information content (AvgIpc) is 3.41. The molecule has 6 rings (SSSR count). The number of benzene rings is 2. The van der Waals surface area contributed by atoms with Crippen molar-refractivity contribution in [3.05, 3.63) is 65.2 Å². The van der Waals surface area contributed by atoms with Gasteiger partial charge in [0, 0.05) is 37.5 Å². The van der Waals surface area contributed by atoms with Crippen molar-refractivity contribution >= 4 is 11.8 Å². The van der Waals surface area contributed by atoms with E-state index < -0.39 is 11.7 Å². The van der Waals surface area contributed by atoms with Crippen LogP contribution in [0.1, 0.15) is 78.4 Å². The van der Waals surface area contributed by atoms with Gasteiger partial charge in [-0.15, -0.1) is 0 Å². The predicted octanol–water partition coefficient (Wildman–Crippen LogP) is 4.67. The molecule has 4 aliphatic rings. The molecule has 3 fully saturated rings. The number of nitrogens with zero attached hydrogens (tertiary/aromatic N) is 2. The minimum absolute atomic E-state index is 0.0396. The van der Waals surface area contributed by atoms with E-state index in [-0.39, 0.29) is 23.9 Å². The lowest BCUT2D eigenvalue weighted by atomic mass is 9.76. The normalized spacial score (nSPS) is 25.8. The van der Waals surface area contributed by atoms with Crippen LogP contribution in [0.3, 0.4) is 0 Å². The van der Waals surface area contributed by atoms with Gasteiger partial charge in [0.1, 0.15) is 5.75 Å². The Morgan fingerprint density at radius 2 is 1.62 bits per heavy atom. The first-order valence-corrected chi connectivity index (χ1v) is 13.7. The molecule has 2 aromatic carbocycles. The SMILES string of the molecule is COc1ccc([C@@H]2[C@H](C(=O)N3CCC4(CC3)OCCO4)c3ccccc3C(=O)N2C2CCCCC2)cc1. The maximum absolute atomic E-state index is 14.4. The Morgan fingerprint density at radius 3 is 2.30 bits per heavy atom. The monoisotopic (exact) mass is 504 g/mol. The first-order chi connectivity index (χ1) is 18.1. The van der Waals surface area contributed by atoms with Crippen molar-refractivity contribution in [2.75, 3.05) is 33.4 Å². The van der Waals surface area contributed by atoms with Crippen LogP contribution in [0.2, 0.25) is 0 Å². The average molecular weight is 505 g/mol. The second-order valence-electron chi connectivity index (χ2n) is 10.7. The molecule has 7 heteroatoms. The van der Waals surface area contributed by atoms with Gasteiger partial charge < -0.3 is 24.0 Å². The molecule has 2 aromatic rings. The van der Waals surface area contributed by atoms with Crippen LogP contribution in [0.15, 0.2) is 48.5 Å². The number of hydrogen-bond acceptors (Lipinski definition) is 5. The molecule has 2 atom stereocenters. The number of rotatable bonds is 4. The van der Waals surface area contributed by atoms with Crippen molar-refractivity contribution in [2.24, 2.45) is 0 Å². The summed E-state index contributed by atoms with van der Waals surface area (Å²) in [6, 6.07) is 15.4. The molecule has 7 nitrogen and oxygen atoms in total. The Morgan fingerprint density at radius 1 is 0.946 bits per heavy atom. The van der Waals surface area contributed by atoms with E-state index in [0.717, 1.165) is 42.6 Å². The summed E-state index contributed by atoms with van der Waals surface area (Å²) in [5.74, 6) is -0.132. The third kappa shape index (κ3) is 4.42. The van der Waals surface area contributed by atoms with Crippen LogP contribution in [0.25, 0.3) is 0 Å². The molecule has 0 bridgehead atoms. The number of hydrogen-bond donors (Lipinski definition) is 0. The summed E-state index contributed by atoms with van der Waals surface area (Å²) in [5.41, 5.74) is 2.47. The zero-order chi connectivity index (χ0) is 25.4. The van der Waals surface area contributed by atoms with Crippen molar-refractivity contribution in [1.29, 1.82) is 0 Å². The van der Waals surface area contributed by atoms with Crippen molar-refractivity contribution < 1.29 is 23.8 Å². The summed E-state index contributed by atoms with van der Waals surface area (Å²) in [7, 11) is 1.65. The largest absolute Gasteiger partial charge is 0.497 e. The van der Waals surface area contributed by atoms with Crippen LogP contribution in [-0.2, 0) is 14.3 Å². The second-order valence-corrected chi connectivity index (χ2v) is 10.7. The fourth-order valence-electron chi connectivity index (χ4n) is 6.78. The molecule has 2 amide bonds. The first-order valence-electron chi connectivity index (χ1n) is 13.7. The highest BCUT2D eigenvalue weighted by atomic mass is 16.7. The lowest BCUT2D eigenvalue weighted by Gasteiger charge is -2.48. The number of carbonyl (C=O) groups excluding carboxylic acids is 2. The van der Waals surface area contributed by atoms with E-state index >= 15 is 0 Å². The number of amides is 2. The summed E-state index contributed by atoms with van der Waals surface area (Å²) in [6.45, 7) is 2.40. The standard InChI is InChI=1S/C30H36N2O5/c1-35-23-13-11-21(12-14-23)27-26(29(34)31-17-15-30(16-18-31)36-19-20-37-30)24-9-5-6-10-25(24)28(33)32(27)22-7-3-2-4-8-22/h5-6,9-14,22,26-27H,2-4,7-8,15-20H2,1H3/t26-,27-/m1/s1. The lowest BCUT2D eigenvalue weighted by molar-refractivity contribution is -0.188. The third-order valence-corrected chi connectivity index (χ3v) is 8.72. The van der Waals surface area contributed by atoms with E-state index in [2.05, 4.69) is 4.90 Å². The number of piperidine rings is 1. The van der Waals surface area contributed by atoms with Gasteiger partial charge in [0.05, 0.1) is 32.3 Å². The molecular weight excluding hydrogens is 468 g/mol. The van der Waals surface area contributed by atoms with Crippen LogP contribution >= 0.6 is 0 Å². The quantitative estimate of drug-likeness (QED) is 0.605. The summed E-state index contributed by atoms with van der Waals surface area (Å²) in [6.07, 6.45) is 6.71. The molecule has 37 heavy (non-hydrogen) atoms. The Kier molecular flexibility index (Phi) is 6.67. The molecule has 0 aromatic heterocycles. The number of methoxy groups -OCH3 is 1. The summed E-state index contributed by atoms with van der Waals surface area (Å²) >= 11 is 0. The third-order valence-electron chi connectivity index (χ3n) is 8.72. The summed E-state index contributed by atoms with van der Waals surface area (Å²) in [4.78, 5) is 32.5. The number of fused-ring (bicyclic) bond motifs is 1. The zero-order valence-electron chi connectivity index (χ0n) is 21.6. The minimum Gasteiger partial charge on any atom is -0.497 e. The van der Waals surface area contributed by atoms with Gasteiger partial charge in [-0.05, 0) is 42.2 Å². The Balaban J connectivity index is 1.41. The highest BCUT2D eigenvalue weighted by Gasteiger charge is 2.49. The smallest absolute Gasteiger partial charge is 0.254 e. The maximum Gasteiger partial charge on any atom is 0.254 e. The zero-order valence-corrected chi connectivity index (χ0v) is 21.6. The number of carbonyl (C=O) groups is 2. The second kappa shape index (κ2) is 10.1. The molecule has 2 saturated heterocycles. The van der Waals surface area contributed by atoms with Gasteiger partial charge in [-0.2, -0.15) is 0 Å². The molecule has 1 saturated carbocycles. The fourth-order valence-corrected chi connectivity index (χ4v) is 6.78. The Hall–Kier alpha value is -2.90. The van der Waals surface area contributed by atoms with E-state index in [1.807, 2.05) is 53.4 Å². The van der Waals surface area contributed by atoms with E-state index in [9.17, 15) is 9.59 Å². The fraction of sp³-hybridized carbons (Fsp3) is 0.533. The minimum atomic E-state index is -0.541. The summed E-state index contributed by atoms with van der Waals surface area (Å²) < 4.78 is 17.2. The molecule has 196 valence electrons. The molecule has 0 N–H and O–H groups in total. The number of ether oxygens (including phenoxy) is 3. The van der Waals surface area contributed by atoms with Gasteiger partial charge in [0.2, 0.25) is 5.91 Å². The van der Waals surface area contributed by atoms with E-state index in [1.54, 1.807) is 7.11 Å². The predicted molar refractivity (Wildman–Crippen MR) is 138 cm³/mol. The van der Waals surface area contributed by atoms with Crippen LogP contribution in [0.5, 0.6) is 5.75 Å². The van der Waals surface area contributed by atoms with Gasteiger partial charge in [0.25, 0.3) is 5.91 Å². The molecule has 3 heterocycles. The summed E-state index contributed by atoms with van der Waals surface area (Å²) in [5, 5.41) is 0. The first kappa shape index (κ1) is 24.4. The van der Waals surface area contributed by atoms with Crippen molar-refractivity contribution in [3.8, 4) is 5.75 Å². The maximum atomic E-state index is 14.4. The molecular formula is C30H36N2O5. The van der Waals surface area contributed by atoms with Crippen molar-refractivity contribution in [1.82, 2.24) is 9.80 Å². The molecule has 1 aliphatic carbocycles. The Labute approximate surface area is 218 Å². The Bertz CT molecular complexity index is 1130. The number of likely N-dealkylation sites (tertiary alicyclic amines) is 1. The van der Waals surface area contributed by atoms with E-state index in [1.165, 1.54) is 6.42 Å². The van der Waals surface area contributed by atoms with Gasteiger partial charge >= 0.3 is 0 Å². The van der Waals surface area contributed by atoms with E-state index in [0.29, 0.717) is 44.7 Å². The molecule has 3 aliphatic heterocycles. The molecule has 0 radical (unpaired) electrons. The van der Waals surface area contributed by atoms with Crippen molar-refractivity contribution in [2.45, 2.75) is 68.7 Å². The van der Waals surface area contributed by atoms with Gasteiger partial charge in [-0.25, -0.2) is 0 Å². The van der Waals surface area contributed by atoms with Crippen molar-refractivity contribution in [3.63, 3.8) is 0 Å².